The Kier molecular flexibility index (Phi) is 3.38. The number of rotatable bonds is 3. The largest absolute Gasteiger partial charge is 0.397 e. The topological polar surface area (TPSA) is 50.1 Å². The van der Waals surface area contributed by atoms with Crippen molar-refractivity contribution < 1.29 is 0 Å². The second kappa shape index (κ2) is 5.33. The van der Waals surface area contributed by atoms with Crippen LogP contribution in [-0.2, 0) is 19.5 Å². The minimum absolute atomic E-state index is 0.808. The van der Waals surface area contributed by atoms with Crippen LogP contribution in [0.15, 0.2) is 42.5 Å². The van der Waals surface area contributed by atoms with Crippen molar-refractivity contribution >= 4 is 11.4 Å². The summed E-state index contributed by atoms with van der Waals surface area (Å²) in [5.74, 6) is 0. The molecule has 1 aliphatic rings. The Labute approximate surface area is 113 Å². The summed E-state index contributed by atoms with van der Waals surface area (Å²) in [7, 11) is 0. The summed E-state index contributed by atoms with van der Waals surface area (Å²) in [6, 6.07) is 14.6. The first-order valence-electron chi connectivity index (χ1n) is 6.73. The Morgan fingerprint density at radius 2 is 1.95 bits per heavy atom. The molecule has 0 amide bonds. The number of nitrogens with two attached hydrogens (primary N) is 1. The lowest BCUT2D eigenvalue weighted by molar-refractivity contribution is 0.645. The number of nitrogens with one attached hydrogen (secondary N) is 2. The van der Waals surface area contributed by atoms with Crippen molar-refractivity contribution in [3.8, 4) is 0 Å². The second-order valence-corrected chi connectivity index (χ2v) is 4.93. The van der Waals surface area contributed by atoms with Gasteiger partial charge in [-0.3, -0.25) is 0 Å². The van der Waals surface area contributed by atoms with Gasteiger partial charge in [0.1, 0.15) is 0 Å². The minimum Gasteiger partial charge on any atom is -0.397 e. The molecular formula is C16H19N3. The first-order valence-corrected chi connectivity index (χ1v) is 6.73. The fraction of sp³-hybridized carbons (Fsp3) is 0.250. The Morgan fingerprint density at radius 3 is 2.79 bits per heavy atom. The zero-order valence-corrected chi connectivity index (χ0v) is 10.9. The molecular weight excluding hydrogens is 234 g/mol. The van der Waals surface area contributed by atoms with Crippen molar-refractivity contribution in [3.63, 3.8) is 0 Å². The first-order chi connectivity index (χ1) is 9.34. The van der Waals surface area contributed by atoms with E-state index in [1.807, 2.05) is 6.07 Å². The fourth-order valence-electron chi connectivity index (χ4n) is 2.55. The number of benzene rings is 2. The third kappa shape index (κ3) is 2.56. The molecule has 2 aromatic carbocycles. The molecule has 1 heterocycles. The Hall–Kier alpha value is -2.00. The van der Waals surface area contributed by atoms with Crippen LogP contribution >= 0.6 is 0 Å². The highest BCUT2D eigenvalue weighted by Crippen LogP contribution is 2.28. The minimum atomic E-state index is 0.808. The van der Waals surface area contributed by atoms with Crippen LogP contribution in [0.5, 0.6) is 0 Å². The van der Waals surface area contributed by atoms with E-state index in [1.165, 1.54) is 16.7 Å². The van der Waals surface area contributed by atoms with Crippen molar-refractivity contribution in [2.75, 3.05) is 17.6 Å². The monoisotopic (exact) mass is 253 g/mol. The molecule has 0 aliphatic carbocycles. The molecule has 0 aromatic heterocycles. The number of hydrogen-bond acceptors (Lipinski definition) is 3. The lowest BCUT2D eigenvalue weighted by Crippen LogP contribution is -2.24. The fourth-order valence-corrected chi connectivity index (χ4v) is 2.55. The van der Waals surface area contributed by atoms with Gasteiger partial charge < -0.3 is 16.4 Å². The van der Waals surface area contributed by atoms with Crippen molar-refractivity contribution in [3.05, 3.63) is 59.2 Å². The highest BCUT2D eigenvalue weighted by molar-refractivity contribution is 5.72. The number of nitrogen functional groups attached to an aromatic ring is 1. The predicted molar refractivity (Wildman–Crippen MR) is 80.0 cm³/mol. The van der Waals surface area contributed by atoms with Crippen LogP contribution in [0.3, 0.4) is 0 Å². The second-order valence-electron chi connectivity index (χ2n) is 4.93. The predicted octanol–water partition coefficient (Wildman–Crippen LogP) is 2.53. The summed E-state index contributed by atoms with van der Waals surface area (Å²) in [5.41, 5.74) is 12.1. The van der Waals surface area contributed by atoms with Gasteiger partial charge in [-0.05, 0) is 35.7 Å². The van der Waals surface area contributed by atoms with Crippen molar-refractivity contribution in [2.45, 2.75) is 19.5 Å². The van der Waals surface area contributed by atoms with Crippen LogP contribution < -0.4 is 16.4 Å². The van der Waals surface area contributed by atoms with Gasteiger partial charge in [-0.15, -0.1) is 0 Å². The highest BCUT2D eigenvalue weighted by Gasteiger charge is 2.13. The van der Waals surface area contributed by atoms with Gasteiger partial charge in [0.2, 0.25) is 0 Å². The van der Waals surface area contributed by atoms with Crippen LogP contribution in [0.2, 0.25) is 0 Å². The summed E-state index contributed by atoms with van der Waals surface area (Å²) < 4.78 is 0. The summed E-state index contributed by atoms with van der Waals surface area (Å²) >= 11 is 0. The molecule has 98 valence electrons. The van der Waals surface area contributed by atoms with Crippen LogP contribution in [0, 0.1) is 0 Å². The van der Waals surface area contributed by atoms with Crippen LogP contribution in [0.4, 0.5) is 11.4 Å². The molecule has 2 aromatic rings. The van der Waals surface area contributed by atoms with Crippen molar-refractivity contribution in [1.29, 1.82) is 0 Å². The molecule has 0 fully saturated rings. The molecule has 0 spiro atoms. The molecule has 3 heteroatoms. The lowest BCUT2D eigenvalue weighted by atomic mass is 9.98. The van der Waals surface area contributed by atoms with E-state index in [2.05, 4.69) is 47.0 Å². The van der Waals surface area contributed by atoms with E-state index in [4.69, 9.17) is 5.73 Å². The van der Waals surface area contributed by atoms with E-state index in [-0.39, 0.29) is 0 Å². The van der Waals surface area contributed by atoms with Crippen LogP contribution in [-0.4, -0.2) is 6.54 Å². The van der Waals surface area contributed by atoms with Gasteiger partial charge in [0.05, 0.1) is 11.4 Å². The van der Waals surface area contributed by atoms with E-state index in [0.29, 0.717) is 0 Å². The molecule has 0 saturated heterocycles. The van der Waals surface area contributed by atoms with Gasteiger partial charge in [-0.25, -0.2) is 0 Å². The molecule has 0 saturated carbocycles. The molecule has 4 N–H and O–H groups in total. The molecule has 1 aliphatic heterocycles. The summed E-state index contributed by atoms with van der Waals surface area (Å²) in [4.78, 5) is 0. The third-order valence-electron chi connectivity index (χ3n) is 3.65. The van der Waals surface area contributed by atoms with Gasteiger partial charge in [0.25, 0.3) is 0 Å². The molecule has 0 bridgehead atoms. The number of hydrogen-bond donors (Lipinski definition) is 3. The van der Waals surface area contributed by atoms with E-state index in [1.54, 1.807) is 0 Å². The van der Waals surface area contributed by atoms with Crippen molar-refractivity contribution in [1.82, 2.24) is 5.32 Å². The smallest absolute Gasteiger partial charge is 0.0586 e. The van der Waals surface area contributed by atoms with Gasteiger partial charge in [0.15, 0.2) is 0 Å². The lowest BCUT2D eigenvalue weighted by Gasteiger charge is -2.21. The van der Waals surface area contributed by atoms with Crippen LogP contribution in [0.25, 0.3) is 0 Å². The standard InChI is InChI=1S/C16H19N3/c17-16-14-8-9-18-11-13(14)6-7-15(16)19-10-12-4-2-1-3-5-12/h1-7,18-19H,8-11,17H2. The first kappa shape index (κ1) is 12.1. The molecule has 3 rings (SSSR count). The average Bonchev–Trinajstić information content (AvgIpc) is 2.48. The quantitative estimate of drug-likeness (QED) is 0.737. The molecule has 3 nitrogen and oxygen atoms in total. The zero-order chi connectivity index (χ0) is 13.1. The molecule has 19 heavy (non-hydrogen) atoms. The molecule has 0 atom stereocenters. The molecule has 0 unspecified atom stereocenters. The summed E-state index contributed by atoms with van der Waals surface area (Å²) in [6.45, 7) is 2.75. The third-order valence-corrected chi connectivity index (χ3v) is 3.65. The molecule has 0 radical (unpaired) electrons. The van der Waals surface area contributed by atoms with E-state index < -0.39 is 0 Å². The average molecular weight is 253 g/mol. The van der Waals surface area contributed by atoms with E-state index in [9.17, 15) is 0 Å². The van der Waals surface area contributed by atoms with Crippen molar-refractivity contribution in [2.24, 2.45) is 0 Å². The maximum absolute atomic E-state index is 6.28. The normalized spacial score (nSPS) is 13.9. The zero-order valence-electron chi connectivity index (χ0n) is 10.9. The number of fused-ring (bicyclic) bond motifs is 1. The number of anilines is 2. The van der Waals surface area contributed by atoms with E-state index >= 15 is 0 Å². The van der Waals surface area contributed by atoms with Gasteiger partial charge in [-0.1, -0.05) is 36.4 Å². The Bertz CT molecular complexity index is 564. The maximum Gasteiger partial charge on any atom is 0.0586 e. The van der Waals surface area contributed by atoms with Gasteiger partial charge in [0, 0.05) is 13.1 Å². The summed E-state index contributed by atoms with van der Waals surface area (Å²) in [5, 5.41) is 6.80. The summed E-state index contributed by atoms with van der Waals surface area (Å²) in [6.07, 6.45) is 1.02. The van der Waals surface area contributed by atoms with E-state index in [0.717, 1.165) is 37.4 Å². The van der Waals surface area contributed by atoms with Gasteiger partial charge in [-0.2, -0.15) is 0 Å². The van der Waals surface area contributed by atoms with Crippen LogP contribution in [0.1, 0.15) is 16.7 Å². The Balaban J connectivity index is 1.78. The van der Waals surface area contributed by atoms with Gasteiger partial charge >= 0.3 is 0 Å². The highest BCUT2D eigenvalue weighted by atomic mass is 14.9. The SMILES string of the molecule is Nc1c(NCc2ccccc2)ccc2c1CCNC2. The Morgan fingerprint density at radius 1 is 1.11 bits per heavy atom. The maximum atomic E-state index is 6.28.